The normalized spacial score (nSPS) is 13.7. The van der Waals surface area contributed by atoms with Gasteiger partial charge in [0.25, 0.3) is 0 Å². The highest BCUT2D eigenvalue weighted by molar-refractivity contribution is 7.73. The van der Waals surface area contributed by atoms with Gasteiger partial charge in [-0.1, -0.05) is 33.1 Å². The Morgan fingerprint density at radius 1 is 1.36 bits per heavy atom. The molecule has 0 aliphatic heterocycles. The van der Waals surface area contributed by atoms with Gasteiger partial charge < -0.3 is 0 Å². The molecule has 0 fully saturated rings. The van der Waals surface area contributed by atoms with E-state index in [1.54, 1.807) is 0 Å². The quantitative estimate of drug-likeness (QED) is 0.627. The molecule has 2 nitrogen and oxygen atoms in total. The Labute approximate surface area is 71.0 Å². The predicted molar refractivity (Wildman–Crippen MR) is 48.2 cm³/mol. The fourth-order valence-electron chi connectivity index (χ4n) is 1.07. The standard InChI is InChI=1S/C8H17O2S/c1-3-5-7-8(6-4-2)11(9)10/h8,11H,1,3-7H2,2H3. The van der Waals surface area contributed by atoms with E-state index in [1.165, 1.54) is 0 Å². The summed E-state index contributed by atoms with van der Waals surface area (Å²) in [7, 11) is -2.21. The molecule has 11 heavy (non-hydrogen) atoms. The molecule has 1 atom stereocenters. The van der Waals surface area contributed by atoms with Crippen LogP contribution in [0.2, 0.25) is 0 Å². The topological polar surface area (TPSA) is 34.1 Å². The molecule has 67 valence electrons. The van der Waals surface area contributed by atoms with E-state index in [0.717, 1.165) is 32.1 Å². The molecule has 0 aliphatic rings. The van der Waals surface area contributed by atoms with Crippen LogP contribution in [0.3, 0.4) is 0 Å². The minimum atomic E-state index is -2.21. The summed E-state index contributed by atoms with van der Waals surface area (Å²) in [6, 6.07) is 0. The molecule has 0 spiro atoms. The molecule has 3 heteroatoms. The van der Waals surface area contributed by atoms with Gasteiger partial charge in [0.15, 0.2) is 0 Å². The molecular weight excluding hydrogens is 160 g/mol. The zero-order valence-electron chi connectivity index (χ0n) is 7.08. The zero-order chi connectivity index (χ0) is 8.69. The summed E-state index contributed by atoms with van der Waals surface area (Å²) in [4.78, 5) is 0. The van der Waals surface area contributed by atoms with E-state index >= 15 is 0 Å². The van der Waals surface area contributed by atoms with Crippen LogP contribution >= 0.6 is 0 Å². The Bertz CT molecular complexity index is 144. The second-order valence-corrected chi connectivity index (χ2v) is 4.02. The first-order valence-corrected chi connectivity index (χ1v) is 5.39. The van der Waals surface area contributed by atoms with Crippen molar-refractivity contribution in [1.82, 2.24) is 0 Å². The Hall–Kier alpha value is -0.0500. The lowest BCUT2D eigenvalue weighted by atomic mass is 10.1. The van der Waals surface area contributed by atoms with E-state index in [2.05, 4.69) is 6.92 Å². The molecule has 0 saturated heterocycles. The molecular formula is C8H17O2S. The van der Waals surface area contributed by atoms with Gasteiger partial charge in [-0.2, -0.15) is 0 Å². The fraction of sp³-hybridized carbons (Fsp3) is 0.875. The lowest BCUT2D eigenvalue weighted by Gasteiger charge is -2.06. The van der Waals surface area contributed by atoms with Crippen molar-refractivity contribution in [2.75, 3.05) is 0 Å². The maximum absolute atomic E-state index is 10.6. The molecule has 0 aromatic rings. The van der Waals surface area contributed by atoms with Crippen LogP contribution in [0.4, 0.5) is 0 Å². The van der Waals surface area contributed by atoms with Crippen molar-refractivity contribution in [2.24, 2.45) is 0 Å². The largest absolute Gasteiger partial charge is 0.232 e. The van der Waals surface area contributed by atoms with Gasteiger partial charge in [0, 0.05) is 0 Å². The summed E-state index contributed by atoms with van der Waals surface area (Å²) in [5.74, 6) is 0. The van der Waals surface area contributed by atoms with Gasteiger partial charge in [0.1, 0.15) is 10.7 Å². The molecule has 0 N–H and O–H groups in total. The molecule has 1 unspecified atom stereocenters. The van der Waals surface area contributed by atoms with Crippen LogP contribution in [0.1, 0.15) is 39.0 Å². The molecule has 0 heterocycles. The van der Waals surface area contributed by atoms with Gasteiger partial charge in [-0.3, -0.25) is 0 Å². The van der Waals surface area contributed by atoms with E-state index < -0.39 is 10.7 Å². The van der Waals surface area contributed by atoms with Crippen molar-refractivity contribution in [3.63, 3.8) is 0 Å². The highest BCUT2D eigenvalue weighted by Gasteiger charge is 2.08. The Morgan fingerprint density at radius 3 is 2.36 bits per heavy atom. The first-order chi connectivity index (χ1) is 5.22. The van der Waals surface area contributed by atoms with Gasteiger partial charge >= 0.3 is 0 Å². The molecule has 0 rings (SSSR count). The predicted octanol–water partition coefficient (Wildman–Crippen LogP) is 1.77. The average Bonchev–Trinajstić information content (AvgIpc) is 1.97. The van der Waals surface area contributed by atoms with Gasteiger partial charge in [0.05, 0.1) is 5.25 Å². The van der Waals surface area contributed by atoms with E-state index in [9.17, 15) is 8.42 Å². The van der Waals surface area contributed by atoms with Crippen LogP contribution in [0.25, 0.3) is 0 Å². The summed E-state index contributed by atoms with van der Waals surface area (Å²) in [5, 5.41) is -0.100. The second kappa shape index (κ2) is 6.65. The second-order valence-electron chi connectivity index (χ2n) is 2.72. The Morgan fingerprint density at radius 2 is 2.00 bits per heavy atom. The summed E-state index contributed by atoms with van der Waals surface area (Å²) in [6.07, 6.45) is 4.30. The van der Waals surface area contributed by atoms with Crippen molar-refractivity contribution in [3.05, 3.63) is 6.92 Å². The SMILES string of the molecule is [CH2]CCCC(CCC)[SH](=O)=O. The summed E-state index contributed by atoms with van der Waals surface area (Å²) >= 11 is 0. The highest BCUT2D eigenvalue weighted by Crippen LogP contribution is 2.09. The van der Waals surface area contributed by atoms with Gasteiger partial charge in [0.2, 0.25) is 0 Å². The number of rotatable bonds is 6. The van der Waals surface area contributed by atoms with Crippen LogP contribution in [-0.4, -0.2) is 13.7 Å². The molecule has 1 radical (unpaired) electrons. The number of unbranched alkanes of at least 4 members (excludes halogenated alkanes) is 1. The van der Waals surface area contributed by atoms with Crippen molar-refractivity contribution in [2.45, 2.75) is 44.3 Å². The van der Waals surface area contributed by atoms with Crippen LogP contribution < -0.4 is 0 Å². The van der Waals surface area contributed by atoms with E-state index in [0.29, 0.717) is 0 Å². The summed E-state index contributed by atoms with van der Waals surface area (Å²) in [6.45, 7) is 5.69. The van der Waals surface area contributed by atoms with Crippen molar-refractivity contribution in [1.29, 1.82) is 0 Å². The smallest absolute Gasteiger partial charge is 0.143 e. The third kappa shape index (κ3) is 5.24. The van der Waals surface area contributed by atoms with Crippen LogP contribution in [0.5, 0.6) is 0 Å². The van der Waals surface area contributed by atoms with E-state index in [-0.39, 0.29) is 5.25 Å². The van der Waals surface area contributed by atoms with Gasteiger partial charge in [-0.25, -0.2) is 8.42 Å². The molecule has 0 bridgehead atoms. The maximum atomic E-state index is 10.6. The minimum Gasteiger partial charge on any atom is -0.232 e. The fourth-order valence-corrected chi connectivity index (χ4v) is 1.93. The highest BCUT2D eigenvalue weighted by atomic mass is 32.2. The van der Waals surface area contributed by atoms with Crippen LogP contribution in [0.15, 0.2) is 0 Å². The monoisotopic (exact) mass is 177 g/mol. The Kier molecular flexibility index (Phi) is 6.62. The first kappa shape index (κ1) is 11.0. The van der Waals surface area contributed by atoms with Crippen molar-refractivity contribution >= 4 is 10.7 Å². The van der Waals surface area contributed by atoms with Crippen LogP contribution in [-0.2, 0) is 10.7 Å². The molecule has 0 aromatic heterocycles. The average molecular weight is 177 g/mol. The molecule has 0 amide bonds. The van der Waals surface area contributed by atoms with Crippen molar-refractivity contribution in [3.8, 4) is 0 Å². The molecule has 0 aromatic carbocycles. The Balaban J connectivity index is 3.70. The lowest BCUT2D eigenvalue weighted by molar-refractivity contribution is 0.568. The first-order valence-electron chi connectivity index (χ1n) is 4.15. The zero-order valence-corrected chi connectivity index (χ0v) is 7.98. The summed E-state index contributed by atoms with van der Waals surface area (Å²) < 4.78 is 21.2. The molecule has 0 saturated carbocycles. The van der Waals surface area contributed by atoms with Gasteiger partial charge in [-0.15, -0.1) is 0 Å². The van der Waals surface area contributed by atoms with E-state index in [1.807, 2.05) is 6.92 Å². The third-order valence-corrected chi connectivity index (χ3v) is 2.82. The third-order valence-electron chi connectivity index (χ3n) is 1.71. The minimum absolute atomic E-state index is 0.100. The summed E-state index contributed by atoms with van der Waals surface area (Å²) in [5.41, 5.74) is 0. The van der Waals surface area contributed by atoms with Crippen LogP contribution in [0, 0.1) is 6.92 Å². The number of hydrogen-bond donors (Lipinski definition) is 1. The number of hydrogen-bond acceptors (Lipinski definition) is 2. The maximum Gasteiger partial charge on any atom is 0.143 e. The van der Waals surface area contributed by atoms with E-state index in [4.69, 9.17) is 0 Å². The molecule has 0 aliphatic carbocycles. The lowest BCUT2D eigenvalue weighted by Crippen LogP contribution is -2.08. The number of thiol groups is 1. The van der Waals surface area contributed by atoms with Gasteiger partial charge in [-0.05, 0) is 12.8 Å². The van der Waals surface area contributed by atoms with Crippen molar-refractivity contribution < 1.29 is 8.42 Å².